The molecule has 1 aromatic rings. The van der Waals surface area contributed by atoms with Gasteiger partial charge in [0.15, 0.2) is 0 Å². The number of rotatable bonds is 5. The molecule has 0 radical (unpaired) electrons. The summed E-state index contributed by atoms with van der Waals surface area (Å²) in [6.07, 6.45) is -8.34. The number of anilines is 1. The summed E-state index contributed by atoms with van der Waals surface area (Å²) in [5.74, 6) is -0.138. The number of alkyl halides is 5. The zero-order valence-corrected chi connectivity index (χ0v) is 9.31. The lowest BCUT2D eigenvalue weighted by atomic mass is 10.2. The first-order valence-corrected chi connectivity index (χ1v) is 5.17. The highest BCUT2D eigenvalue weighted by Gasteiger charge is 2.26. The summed E-state index contributed by atoms with van der Waals surface area (Å²) >= 11 is 0. The van der Waals surface area contributed by atoms with Crippen LogP contribution in [0.1, 0.15) is 24.8 Å². The van der Waals surface area contributed by atoms with E-state index in [4.69, 9.17) is 10.5 Å². The lowest BCUT2D eigenvalue weighted by molar-refractivity contribution is -0.136. The predicted molar refractivity (Wildman–Crippen MR) is 56.6 cm³/mol. The molecule has 1 rings (SSSR count). The molecule has 7 heteroatoms. The van der Waals surface area contributed by atoms with Crippen LogP contribution < -0.4 is 10.5 Å². The van der Waals surface area contributed by atoms with Crippen LogP contribution in [0.3, 0.4) is 0 Å². The van der Waals surface area contributed by atoms with Crippen molar-refractivity contribution in [3.05, 3.63) is 23.8 Å². The molecule has 0 amide bonds. The van der Waals surface area contributed by atoms with E-state index in [9.17, 15) is 22.0 Å². The number of benzene rings is 1. The van der Waals surface area contributed by atoms with Gasteiger partial charge in [0.2, 0.25) is 0 Å². The van der Waals surface area contributed by atoms with E-state index in [1.54, 1.807) is 0 Å². The molecule has 18 heavy (non-hydrogen) atoms. The van der Waals surface area contributed by atoms with Gasteiger partial charge in [0.25, 0.3) is 6.43 Å². The summed E-state index contributed by atoms with van der Waals surface area (Å²) < 4.78 is 65.6. The minimum Gasteiger partial charge on any atom is -0.493 e. The van der Waals surface area contributed by atoms with Gasteiger partial charge < -0.3 is 10.5 Å². The van der Waals surface area contributed by atoms with Crippen molar-refractivity contribution in [3.8, 4) is 5.75 Å². The van der Waals surface area contributed by atoms with Crippen molar-refractivity contribution in [2.45, 2.75) is 25.4 Å². The minimum atomic E-state index is -4.27. The molecule has 0 bridgehead atoms. The van der Waals surface area contributed by atoms with Gasteiger partial charge in [-0.3, -0.25) is 0 Å². The Kier molecular flexibility index (Phi) is 4.75. The van der Waals surface area contributed by atoms with Crippen molar-refractivity contribution in [1.82, 2.24) is 0 Å². The average Bonchev–Trinajstić information content (AvgIpc) is 2.24. The fraction of sp³-hybridized carbons (Fsp3) is 0.455. The van der Waals surface area contributed by atoms with Crippen LogP contribution in [-0.2, 0) is 0 Å². The Morgan fingerprint density at radius 3 is 2.44 bits per heavy atom. The fourth-order valence-corrected chi connectivity index (χ4v) is 1.32. The number of halogens is 5. The van der Waals surface area contributed by atoms with Gasteiger partial charge in [-0.05, 0) is 24.6 Å². The zero-order valence-electron chi connectivity index (χ0n) is 9.31. The van der Waals surface area contributed by atoms with E-state index < -0.39 is 24.6 Å². The molecule has 0 saturated heterocycles. The molecule has 0 aromatic heterocycles. The second-order valence-electron chi connectivity index (χ2n) is 3.67. The Morgan fingerprint density at radius 2 is 1.89 bits per heavy atom. The first kappa shape index (κ1) is 14.5. The second kappa shape index (κ2) is 5.88. The first-order chi connectivity index (χ1) is 8.29. The van der Waals surface area contributed by atoms with Gasteiger partial charge in [0.05, 0.1) is 12.2 Å². The van der Waals surface area contributed by atoms with Gasteiger partial charge in [-0.2, -0.15) is 13.2 Å². The van der Waals surface area contributed by atoms with Crippen LogP contribution in [0.15, 0.2) is 18.2 Å². The van der Waals surface area contributed by atoms with Gasteiger partial charge >= 0.3 is 6.18 Å². The van der Waals surface area contributed by atoms with Crippen molar-refractivity contribution in [3.63, 3.8) is 0 Å². The number of nitrogen functional groups attached to an aromatic ring is 1. The van der Waals surface area contributed by atoms with E-state index >= 15 is 0 Å². The van der Waals surface area contributed by atoms with Gasteiger partial charge in [-0.15, -0.1) is 0 Å². The highest BCUT2D eigenvalue weighted by atomic mass is 19.4. The number of nitrogens with two attached hydrogens (primary N) is 1. The molecular weight excluding hydrogens is 257 g/mol. The highest BCUT2D eigenvalue weighted by Crippen LogP contribution is 2.31. The maximum atomic E-state index is 12.6. The van der Waals surface area contributed by atoms with Crippen LogP contribution >= 0.6 is 0 Å². The molecule has 0 fully saturated rings. The van der Waals surface area contributed by atoms with Crippen molar-refractivity contribution < 1.29 is 26.7 Å². The van der Waals surface area contributed by atoms with Crippen molar-refractivity contribution in [1.29, 1.82) is 0 Å². The second-order valence-corrected chi connectivity index (χ2v) is 3.67. The fourth-order valence-electron chi connectivity index (χ4n) is 1.32. The molecule has 1 aromatic carbocycles. The highest BCUT2D eigenvalue weighted by molar-refractivity contribution is 5.48. The molecule has 0 saturated carbocycles. The van der Waals surface area contributed by atoms with E-state index in [1.807, 2.05) is 0 Å². The van der Waals surface area contributed by atoms with Crippen LogP contribution in [0, 0.1) is 0 Å². The predicted octanol–water partition coefficient (Wildman–Crippen LogP) is 3.93. The molecule has 0 heterocycles. The molecule has 0 spiro atoms. The topological polar surface area (TPSA) is 35.2 Å². The van der Waals surface area contributed by atoms with Crippen LogP contribution in [-0.4, -0.2) is 12.8 Å². The number of ether oxygens (including phenoxy) is 1. The summed E-state index contributed by atoms with van der Waals surface area (Å²) in [6, 6.07) is 3.62. The quantitative estimate of drug-likeness (QED) is 0.499. The minimum absolute atomic E-state index is 0.138. The smallest absolute Gasteiger partial charge is 0.389 e. The molecule has 102 valence electrons. The van der Waals surface area contributed by atoms with Crippen LogP contribution in [0.2, 0.25) is 0 Å². The molecule has 0 aliphatic carbocycles. The molecule has 2 N–H and O–H groups in total. The monoisotopic (exact) mass is 269 g/mol. The first-order valence-electron chi connectivity index (χ1n) is 5.17. The Hall–Kier alpha value is -1.53. The van der Waals surface area contributed by atoms with Crippen molar-refractivity contribution in [2.75, 3.05) is 12.3 Å². The van der Waals surface area contributed by atoms with Gasteiger partial charge in [0, 0.05) is 12.1 Å². The Bertz CT molecular complexity index is 392. The van der Waals surface area contributed by atoms with Crippen molar-refractivity contribution >= 4 is 5.69 Å². The third-order valence-electron chi connectivity index (χ3n) is 2.13. The number of hydrogen-bond donors (Lipinski definition) is 1. The van der Waals surface area contributed by atoms with E-state index in [-0.39, 0.29) is 24.5 Å². The third kappa shape index (κ3) is 4.77. The third-order valence-corrected chi connectivity index (χ3v) is 2.13. The van der Waals surface area contributed by atoms with Crippen molar-refractivity contribution in [2.24, 2.45) is 0 Å². The van der Waals surface area contributed by atoms with Crippen LogP contribution in [0.4, 0.5) is 27.6 Å². The van der Waals surface area contributed by atoms with E-state index in [1.165, 1.54) is 12.1 Å². The summed E-state index contributed by atoms with van der Waals surface area (Å²) in [4.78, 5) is 0. The van der Waals surface area contributed by atoms with E-state index in [2.05, 4.69) is 0 Å². The standard InChI is InChI=1S/C11H12F5NO/c12-10(13)8-6-7(17)2-3-9(8)18-5-1-4-11(14,15)16/h2-3,6,10H,1,4-5,17H2. The SMILES string of the molecule is Nc1ccc(OCCCC(F)(F)F)c(C(F)F)c1. The Labute approximate surface area is 101 Å². The maximum Gasteiger partial charge on any atom is 0.389 e. The molecule has 0 aliphatic heterocycles. The van der Waals surface area contributed by atoms with Crippen LogP contribution in [0.25, 0.3) is 0 Å². The Morgan fingerprint density at radius 1 is 1.22 bits per heavy atom. The summed E-state index contributed by atoms with van der Waals surface area (Å²) in [5.41, 5.74) is 5.07. The van der Waals surface area contributed by atoms with Gasteiger partial charge in [0.1, 0.15) is 5.75 Å². The lowest BCUT2D eigenvalue weighted by Crippen LogP contribution is -2.10. The molecule has 0 atom stereocenters. The number of hydrogen-bond acceptors (Lipinski definition) is 2. The normalized spacial score (nSPS) is 11.9. The van der Waals surface area contributed by atoms with E-state index in [0.29, 0.717) is 0 Å². The van der Waals surface area contributed by atoms with Gasteiger partial charge in [-0.25, -0.2) is 8.78 Å². The van der Waals surface area contributed by atoms with E-state index in [0.717, 1.165) is 6.07 Å². The summed E-state index contributed by atoms with van der Waals surface area (Å²) in [6.45, 7) is -0.275. The summed E-state index contributed by atoms with van der Waals surface area (Å²) in [7, 11) is 0. The lowest BCUT2D eigenvalue weighted by Gasteiger charge is -2.12. The molecule has 2 nitrogen and oxygen atoms in total. The van der Waals surface area contributed by atoms with Crippen LogP contribution in [0.5, 0.6) is 5.75 Å². The maximum absolute atomic E-state index is 12.6. The average molecular weight is 269 g/mol. The van der Waals surface area contributed by atoms with Gasteiger partial charge in [-0.1, -0.05) is 0 Å². The summed E-state index contributed by atoms with van der Waals surface area (Å²) in [5, 5.41) is 0. The Balaban J connectivity index is 2.57. The molecule has 0 aliphatic rings. The zero-order chi connectivity index (χ0) is 13.8. The largest absolute Gasteiger partial charge is 0.493 e. The molecular formula is C11H12F5NO. The molecule has 0 unspecified atom stereocenters.